The van der Waals surface area contributed by atoms with Crippen LogP contribution in [-0.2, 0) is 0 Å². The van der Waals surface area contributed by atoms with Crippen LogP contribution in [0.15, 0.2) is 12.1 Å². The molecule has 0 rings (SSSR count). The van der Waals surface area contributed by atoms with Crippen molar-refractivity contribution in [3.63, 3.8) is 0 Å². The van der Waals surface area contributed by atoms with Crippen LogP contribution in [0, 0.1) is 0 Å². The Labute approximate surface area is 34.9 Å². The first-order chi connectivity index (χ1) is 2.81. The molecule has 0 saturated heterocycles. The quantitative estimate of drug-likeness (QED) is 0.414. The van der Waals surface area contributed by atoms with Crippen molar-refractivity contribution in [1.29, 1.82) is 0 Å². The Morgan fingerprint density at radius 3 is 2.80 bits per heavy atom. The van der Waals surface area contributed by atoms with Crippen molar-refractivity contribution < 1.29 is 1.37 Å². The lowest BCUT2D eigenvalue weighted by atomic mass is 10.3. The van der Waals surface area contributed by atoms with Gasteiger partial charge in [0.2, 0.25) is 0 Å². The van der Waals surface area contributed by atoms with Crippen molar-refractivity contribution in [3.8, 4) is 0 Å². The van der Waals surface area contributed by atoms with Crippen LogP contribution in [0.4, 0.5) is 0 Å². The van der Waals surface area contributed by atoms with E-state index in [2.05, 4.69) is 0 Å². The van der Waals surface area contributed by atoms with Gasteiger partial charge in [0.25, 0.3) is 0 Å². The van der Waals surface area contributed by atoms with Crippen molar-refractivity contribution in [2.24, 2.45) is 0 Å². The van der Waals surface area contributed by atoms with Gasteiger partial charge in [-0.3, -0.25) is 0 Å². The van der Waals surface area contributed by atoms with E-state index in [1.54, 1.807) is 0 Å². The van der Waals surface area contributed by atoms with E-state index in [4.69, 9.17) is 1.37 Å². The van der Waals surface area contributed by atoms with Crippen molar-refractivity contribution in [3.05, 3.63) is 12.1 Å². The maximum Gasteiger partial charge on any atom is 0.0537 e. The van der Waals surface area contributed by atoms with E-state index in [1.807, 2.05) is 13.8 Å². The lowest BCUT2D eigenvalue weighted by Crippen LogP contribution is -1.58. The molecule has 5 heavy (non-hydrogen) atoms. The number of allylic oxidation sites excluding steroid dienone is 1. The average molecular weight is 71.1 g/mol. The first kappa shape index (κ1) is 2.95. The molecule has 0 aromatic carbocycles. The summed E-state index contributed by atoms with van der Waals surface area (Å²) in [4.78, 5) is 0. The van der Waals surface area contributed by atoms with Crippen LogP contribution >= 0.6 is 0 Å². The normalized spacial score (nSPS) is 14.8. The Balaban J connectivity index is 3.22. The zero-order valence-electron chi connectivity index (χ0n) is 4.78. The van der Waals surface area contributed by atoms with Crippen LogP contribution < -0.4 is 0 Å². The number of hydrogen-bond acceptors (Lipinski definition) is 0. The molecular formula is C5H10. The summed E-state index contributed by atoms with van der Waals surface area (Å²) in [7, 11) is 0. The molecule has 0 unspecified atom stereocenters. The van der Waals surface area contributed by atoms with Crippen molar-refractivity contribution in [1.82, 2.24) is 0 Å². The summed E-state index contributed by atoms with van der Waals surface area (Å²) in [6.07, 6.45) is 1.00. The SMILES string of the molecule is [2H]C=C(C)CC. The van der Waals surface area contributed by atoms with Crippen molar-refractivity contribution >= 4 is 0 Å². The summed E-state index contributed by atoms with van der Waals surface area (Å²) in [5.41, 5.74) is 1.13. The van der Waals surface area contributed by atoms with Crippen LogP contribution in [0.3, 0.4) is 0 Å². The monoisotopic (exact) mass is 71.1 g/mol. The van der Waals surface area contributed by atoms with Gasteiger partial charge in [0.1, 0.15) is 0 Å². The Morgan fingerprint density at radius 2 is 2.80 bits per heavy atom. The molecule has 0 heteroatoms. The second-order valence-corrected chi connectivity index (χ2v) is 1.20. The zero-order valence-corrected chi connectivity index (χ0v) is 3.78. The lowest BCUT2D eigenvalue weighted by molar-refractivity contribution is 1.11. The summed E-state index contributed by atoms with van der Waals surface area (Å²) in [5, 5.41) is 0. The molecule has 0 aromatic heterocycles. The Bertz CT molecular complexity index is 55.0. The molecule has 0 radical (unpaired) electrons. The second-order valence-electron chi connectivity index (χ2n) is 1.20. The summed E-state index contributed by atoms with van der Waals surface area (Å²) in [6, 6.07) is 0. The highest BCUT2D eigenvalue weighted by molar-refractivity contribution is 4.84. The number of hydrogen-bond donors (Lipinski definition) is 0. The lowest BCUT2D eigenvalue weighted by Gasteiger charge is -1.79. The van der Waals surface area contributed by atoms with Crippen molar-refractivity contribution in [2.45, 2.75) is 20.3 Å². The minimum Gasteiger partial charge on any atom is -0.100 e. The van der Waals surface area contributed by atoms with Gasteiger partial charge in [-0.15, -0.1) is 6.55 Å². The van der Waals surface area contributed by atoms with Crippen molar-refractivity contribution in [2.75, 3.05) is 0 Å². The Hall–Kier alpha value is -0.260. The van der Waals surface area contributed by atoms with Gasteiger partial charge in [-0.1, -0.05) is 12.5 Å². The van der Waals surface area contributed by atoms with Gasteiger partial charge < -0.3 is 0 Å². The summed E-state index contributed by atoms with van der Waals surface area (Å²) in [6.45, 7) is 5.38. The first-order valence-corrected chi connectivity index (χ1v) is 1.85. The van der Waals surface area contributed by atoms with Crippen LogP contribution in [0.25, 0.3) is 0 Å². The third-order valence-electron chi connectivity index (χ3n) is 0.558. The minimum atomic E-state index is 1.00. The van der Waals surface area contributed by atoms with Gasteiger partial charge >= 0.3 is 0 Å². The molecule has 0 spiro atoms. The smallest absolute Gasteiger partial charge is 0.0537 e. The molecule has 0 aliphatic heterocycles. The van der Waals surface area contributed by atoms with Gasteiger partial charge in [0, 0.05) is 0 Å². The highest BCUT2D eigenvalue weighted by Gasteiger charge is 1.67. The van der Waals surface area contributed by atoms with E-state index in [1.165, 1.54) is 6.55 Å². The topological polar surface area (TPSA) is 0 Å². The van der Waals surface area contributed by atoms with Crippen LogP contribution in [0.1, 0.15) is 21.6 Å². The van der Waals surface area contributed by atoms with Gasteiger partial charge in [0.05, 0.1) is 1.37 Å². The van der Waals surface area contributed by atoms with Crippen LogP contribution in [0.5, 0.6) is 0 Å². The van der Waals surface area contributed by atoms with E-state index < -0.39 is 0 Å². The summed E-state index contributed by atoms with van der Waals surface area (Å²) >= 11 is 0. The van der Waals surface area contributed by atoms with Gasteiger partial charge in [-0.25, -0.2) is 0 Å². The Morgan fingerprint density at radius 1 is 2.20 bits per heavy atom. The molecular weight excluding hydrogens is 60.1 g/mol. The molecule has 0 aliphatic carbocycles. The molecule has 30 valence electrons. The van der Waals surface area contributed by atoms with E-state index in [9.17, 15) is 0 Å². The highest BCUT2D eigenvalue weighted by Crippen LogP contribution is 1.88. The molecule has 0 bridgehead atoms. The summed E-state index contributed by atoms with van der Waals surface area (Å²) < 4.78 is 6.65. The molecule has 0 aliphatic rings. The van der Waals surface area contributed by atoms with Crippen LogP contribution in [-0.4, -0.2) is 0 Å². The van der Waals surface area contributed by atoms with Gasteiger partial charge in [-0.05, 0) is 13.3 Å². The standard InChI is InChI=1S/C5H10/c1-4-5(2)3/h2,4H2,1,3H3/i2D. The predicted octanol–water partition coefficient (Wildman–Crippen LogP) is 1.97. The molecule has 0 heterocycles. The zero-order chi connectivity index (χ0) is 4.99. The number of rotatable bonds is 1. The Kier molecular flexibility index (Phi) is 1.18. The van der Waals surface area contributed by atoms with Gasteiger partial charge in [0.15, 0.2) is 0 Å². The van der Waals surface area contributed by atoms with E-state index in [0.29, 0.717) is 0 Å². The predicted molar refractivity (Wildman–Crippen MR) is 25.1 cm³/mol. The molecule has 0 amide bonds. The minimum absolute atomic E-state index is 1.00. The first-order valence-electron chi connectivity index (χ1n) is 2.43. The molecule has 0 N–H and O–H groups in total. The molecule has 0 fully saturated rings. The molecule has 0 nitrogen and oxygen atoms in total. The molecule has 0 saturated carbocycles. The largest absolute Gasteiger partial charge is 0.100 e. The van der Waals surface area contributed by atoms with E-state index in [-0.39, 0.29) is 0 Å². The fourth-order valence-electron chi connectivity index (χ4n) is 0. The average Bonchev–Trinajstić information content (AvgIpc) is 1.65. The third kappa shape index (κ3) is 3.74. The van der Waals surface area contributed by atoms with E-state index in [0.717, 1.165) is 12.0 Å². The molecule has 0 aromatic rings. The van der Waals surface area contributed by atoms with Gasteiger partial charge in [-0.2, -0.15) is 0 Å². The third-order valence-corrected chi connectivity index (χ3v) is 0.558. The maximum atomic E-state index is 6.65. The van der Waals surface area contributed by atoms with Crippen LogP contribution in [0.2, 0.25) is 0 Å². The highest BCUT2D eigenvalue weighted by atomic mass is 13.7. The second kappa shape index (κ2) is 2.01. The fraction of sp³-hybridized carbons (Fsp3) is 0.600. The fourth-order valence-corrected chi connectivity index (χ4v) is 0. The summed E-state index contributed by atoms with van der Waals surface area (Å²) in [5.74, 6) is 0. The maximum absolute atomic E-state index is 6.65. The molecule has 0 atom stereocenters. The van der Waals surface area contributed by atoms with E-state index >= 15 is 0 Å².